The highest BCUT2D eigenvalue weighted by Gasteiger charge is 2.13. The molecule has 176 valence electrons. The molecule has 0 saturated carbocycles. The fraction of sp³-hybridized carbons (Fsp3) is 0.0625. The van der Waals surface area contributed by atoms with Crippen LogP contribution in [0.3, 0.4) is 0 Å². The van der Waals surface area contributed by atoms with Gasteiger partial charge in [0.2, 0.25) is 0 Å². The van der Waals surface area contributed by atoms with E-state index >= 15 is 0 Å². The van der Waals surface area contributed by atoms with E-state index in [4.69, 9.17) is 10.4 Å². The Bertz CT molecular complexity index is 1410. The van der Waals surface area contributed by atoms with Crippen molar-refractivity contribution in [2.45, 2.75) is 13.3 Å². The number of carbonyl (C=O) groups is 1. The molecule has 0 amide bonds. The zero-order chi connectivity index (χ0) is 25.3. The number of nitriles is 1. The zero-order valence-electron chi connectivity index (χ0n) is 20.0. The summed E-state index contributed by atoms with van der Waals surface area (Å²) >= 11 is 0. The maximum absolute atomic E-state index is 11.2. The second-order valence-corrected chi connectivity index (χ2v) is 8.26. The topological polar surface area (TPSA) is 64.3 Å². The van der Waals surface area contributed by atoms with Crippen LogP contribution >= 0.6 is 0 Å². The van der Waals surface area contributed by atoms with Crippen LogP contribution in [0.4, 0.5) is 17.1 Å². The number of anilines is 3. The fourth-order valence-electron chi connectivity index (χ4n) is 3.85. The second-order valence-electron chi connectivity index (χ2n) is 8.26. The van der Waals surface area contributed by atoms with Gasteiger partial charge >= 0.3 is 5.97 Å². The number of aliphatic carboxylic acids is 1. The molecular weight excluding hydrogens is 444 g/mol. The van der Waals surface area contributed by atoms with Crippen LogP contribution in [0.15, 0.2) is 109 Å². The van der Waals surface area contributed by atoms with Gasteiger partial charge in [0.05, 0.1) is 0 Å². The third-order valence-electron chi connectivity index (χ3n) is 5.84. The van der Waals surface area contributed by atoms with Crippen molar-refractivity contribution in [1.29, 1.82) is 5.26 Å². The smallest absolute Gasteiger partial charge is 0.346 e. The molecule has 0 aliphatic carbocycles. The molecule has 4 rings (SSSR count). The molecule has 36 heavy (non-hydrogen) atoms. The van der Waals surface area contributed by atoms with Gasteiger partial charge in [0.1, 0.15) is 11.6 Å². The Morgan fingerprint density at radius 2 is 1.22 bits per heavy atom. The van der Waals surface area contributed by atoms with Crippen molar-refractivity contribution in [1.82, 2.24) is 0 Å². The molecule has 0 unspecified atom stereocenters. The van der Waals surface area contributed by atoms with Crippen molar-refractivity contribution in [3.63, 3.8) is 0 Å². The first-order valence-electron chi connectivity index (χ1n) is 11.7. The SMILES string of the molecule is CCc1ccc(N(c2ccc(/C=C\c3ccccc3)cc2)c2ccc(/C=C(/C#N)C(=O)O)cc2)cc1. The summed E-state index contributed by atoms with van der Waals surface area (Å²) in [4.78, 5) is 13.3. The molecule has 4 nitrogen and oxygen atoms in total. The lowest BCUT2D eigenvalue weighted by molar-refractivity contribution is -0.132. The van der Waals surface area contributed by atoms with Crippen LogP contribution in [0.25, 0.3) is 18.2 Å². The van der Waals surface area contributed by atoms with Gasteiger partial charge in [-0.15, -0.1) is 0 Å². The molecule has 0 radical (unpaired) electrons. The number of rotatable bonds is 8. The first kappa shape index (κ1) is 24.3. The Labute approximate surface area is 211 Å². The van der Waals surface area contributed by atoms with E-state index < -0.39 is 5.97 Å². The highest BCUT2D eigenvalue weighted by atomic mass is 16.4. The van der Waals surface area contributed by atoms with Crippen LogP contribution in [0, 0.1) is 11.3 Å². The first-order chi connectivity index (χ1) is 17.6. The molecule has 0 aliphatic heterocycles. The van der Waals surface area contributed by atoms with E-state index in [2.05, 4.69) is 84.6 Å². The van der Waals surface area contributed by atoms with E-state index in [0.29, 0.717) is 5.56 Å². The molecular formula is C32H26N2O2. The Balaban J connectivity index is 1.67. The molecule has 1 N–H and O–H groups in total. The van der Waals surface area contributed by atoms with E-state index in [1.165, 1.54) is 11.6 Å². The van der Waals surface area contributed by atoms with Gasteiger partial charge in [-0.2, -0.15) is 5.26 Å². The Kier molecular flexibility index (Phi) is 7.75. The first-order valence-corrected chi connectivity index (χ1v) is 11.7. The number of nitrogens with zero attached hydrogens (tertiary/aromatic N) is 2. The molecule has 0 saturated heterocycles. The van der Waals surface area contributed by atoms with Gasteiger partial charge in [0.25, 0.3) is 0 Å². The Morgan fingerprint density at radius 1 is 0.750 bits per heavy atom. The Morgan fingerprint density at radius 3 is 1.69 bits per heavy atom. The predicted molar refractivity (Wildman–Crippen MR) is 147 cm³/mol. The van der Waals surface area contributed by atoms with Gasteiger partial charge in [-0.05, 0) is 71.1 Å². The monoisotopic (exact) mass is 470 g/mol. The molecule has 0 spiro atoms. The molecule has 0 aromatic heterocycles. The highest BCUT2D eigenvalue weighted by Crippen LogP contribution is 2.35. The average Bonchev–Trinajstić information content (AvgIpc) is 2.93. The number of hydrogen-bond donors (Lipinski definition) is 1. The van der Waals surface area contributed by atoms with Crippen molar-refractivity contribution in [2.75, 3.05) is 4.90 Å². The van der Waals surface area contributed by atoms with Crippen molar-refractivity contribution >= 4 is 41.3 Å². The molecule has 0 heterocycles. The van der Waals surface area contributed by atoms with Crippen LogP contribution in [-0.2, 0) is 11.2 Å². The summed E-state index contributed by atoms with van der Waals surface area (Å²) in [5.41, 5.74) is 6.82. The van der Waals surface area contributed by atoms with E-state index in [-0.39, 0.29) is 5.57 Å². The molecule has 4 heteroatoms. The van der Waals surface area contributed by atoms with E-state index in [1.807, 2.05) is 42.5 Å². The third-order valence-corrected chi connectivity index (χ3v) is 5.84. The quantitative estimate of drug-likeness (QED) is 0.162. The van der Waals surface area contributed by atoms with Crippen molar-refractivity contribution in [3.05, 3.63) is 131 Å². The number of benzene rings is 4. The van der Waals surface area contributed by atoms with Crippen LogP contribution in [0.5, 0.6) is 0 Å². The third kappa shape index (κ3) is 5.97. The number of aryl methyl sites for hydroxylation is 1. The second kappa shape index (κ2) is 11.5. The van der Waals surface area contributed by atoms with Gasteiger partial charge < -0.3 is 10.0 Å². The summed E-state index contributed by atoms with van der Waals surface area (Å²) in [5.74, 6) is -1.24. The lowest BCUT2D eigenvalue weighted by Crippen LogP contribution is -2.10. The number of carboxylic acids is 1. The van der Waals surface area contributed by atoms with E-state index in [1.54, 1.807) is 6.07 Å². The van der Waals surface area contributed by atoms with Gasteiger partial charge in [-0.3, -0.25) is 0 Å². The van der Waals surface area contributed by atoms with Gasteiger partial charge in [0, 0.05) is 17.1 Å². The van der Waals surface area contributed by atoms with Gasteiger partial charge in [0.15, 0.2) is 0 Å². The van der Waals surface area contributed by atoms with Gasteiger partial charge in [-0.1, -0.05) is 85.8 Å². The average molecular weight is 471 g/mol. The lowest BCUT2D eigenvalue weighted by atomic mass is 10.1. The summed E-state index contributed by atoms with van der Waals surface area (Å²) in [5, 5.41) is 18.2. The minimum Gasteiger partial charge on any atom is -0.477 e. The van der Waals surface area contributed by atoms with Gasteiger partial charge in [-0.25, -0.2) is 4.79 Å². The predicted octanol–water partition coefficient (Wildman–Crippen LogP) is 7.88. The Hall–Kier alpha value is -4.88. The fourth-order valence-corrected chi connectivity index (χ4v) is 3.85. The van der Waals surface area contributed by atoms with E-state index in [0.717, 1.165) is 34.6 Å². The molecule has 0 atom stereocenters. The van der Waals surface area contributed by atoms with Crippen LogP contribution in [-0.4, -0.2) is 11.1 Å². The summed E-state index contributed by atoms with van der Waals surface area (Å²) in [6.07, 6.45) is 6.53. The normalized spacial score (nSPS) is 11.3. The largest absolute Gasteiger partial charge is 0.477 e. The number of hydrogen-bond acceptors (Lipinski definition) is 3. The molecule has 4 aromatic rings. The van der Waals surface area contributed by atoms with Crippen molar-refractivity contribution in [3.8, 4) is 6.07 Å². The van der Waals surface area contributed by atoms with E-state index in [9.17, 15) is 4.79 Å². The molecule has 0 bridgehead atoms. The molecule has 4 aromatic carbocycles. The number of carboxylic acid groups (broad SMARTS) is 1. The molecule has 0 aliphatic rings. The zero-order valence-corrected chi connectivity index (χ0v) is 20.0. The maximum atomic E-state index is 11.2. The van der Waals surface area contributed by atoms with Crippen LogP contribution in [0.1, 0.15) is 29.2 Å². The van der Waals surface area contributed by atoms with Crippen molar-refractivity contribution < 1.29 is 9.90 Å². The highest BCUT2D eigenvalue weighted by molar-refractivity contribution is 5.96. The maximum Gasteiger partial charge on any atom is 0.346 e. The van der Waals surface area contributed by atoms with Crippen molar-refractivity contribution in [2.24, 2.45) is 0 Å². The minimum absolute atomic E-state index is 0.297. The summed E-state index contributed by atoms with van der Waals surface area (Å²) < 4.78 is 0. The minimum atomic E-state index is -1.24. The molecule has 0 fully saturated rings. The van der Waals surface area contributed by atoms with Crippen LogP contribution in [0.2, 0.25) is 0 Å². The summed E-state index contributed by atoms with van der Waals surface area (Å²) in [6.45, 7) is 2.13. The summed E-state index contributed by atoms with van der Waals surface area (Å²) in [7, 11) is 0. The summed E-state index contributed by atoms with van der Waals surface area (Å²) in [6, 6.07) is 36.2. The van der Waals surface area contributed by atoms with Crippen LogP contribution < -0.4 is 4.90 Å². The standard InChI is InChI=1S/C32H26N2O2/c1-2-24-10-16-29(17-11-24)34(31-20-14-27(15-21-31)22-28(23-33)32(35)36)30-18-12-26(13-19-30)9-8-25-6-4-3-5-7-25/h3-22H,2H2,1H3,(H,35,36)/b9-8-,28-22-. The lowest BCUT2D eigenvalue weighted by Gasteiger charge is -2.26.